The molecular weight excluding hydrogens is 522 g/mol. The van der Waals surface area contributed by atoms with Gasteiger partial charge in [-0.25, -0.2) is 0 Å². The van der Waals surface area contributed by atoms with E-state index in [0.717, 1.165) is 17.5 Å². The van der Waals surface area contributed by atoms with E-state index in [9.17, 15) is 0 Å². The van der Waals surface area contributed by atoms with Crippen LogP contribution in [0.2, 0.25) is 0 Å². The van der Waals surface area contributed by atoms with Crippen LogP contribution in [0.5, 0.6) is 0 Å². The summed E-state index contributed by atoms with van der Waals surface area (Å²) >= 11 is 0. The van der Waals surface area contributed by atoms with E-state index >= 15 is 0 Å². The molecule has 1 aliphatic rings. The van der Waals surface area contributed by atoms with Gasteiger partial charge in [0, 0.05) is 10.8 Å². The van der Waals surface area contributed by atoms with Crippen molar-refractivity contribution in [3.63, 3.8) is 0 Å². The number of hydrogen-bond donors (Lipinski definition) is 0. The van der Waals surface area contributed by atoms with E-state index in [-0.39, 0.29) is 61.8 Å². The van der Waals surface area contributed by atoms with Gasteiger partial charge in [-0.15, -0.1) is 33.7 Å². The number of rotatable bonds is 1. The second kappa shape index (κ2) is 11.2. The summed E-state index contributed by atoms with van der Waals surface area (Å²) in [5.41, 5.74) is 4.81. The fraction of sp³-hybridized carbons (Fsp3) is 0.300. The van der Waals surface area contributed by atoms with Gasteiger partial charge in [0.1, 0.15) is 0 Å². The van der Waals surface area contributed by atoms with E-state index in [2.05, 4.69) is 120 Å². The summed E-state index contributed by atoms with van der Waals surface area (Å²) < 4.78 is 0. The Labute approximate surface area is 230 Å². The molecule has 0 heterocycles. The van der Waals surface area contributed by atoms with Crippen molar-refractivity contribution in [2.45, 2.75) is 48.0 Å². The zero-order chi connectivity index (χ0) is 21.5. The van der Waals surface area contributed by atoms with Gasteiger partial charge < -0.3 is 24.8 Å². The Balaban J connectivity index is 0.00000181. The molecule has 0 bridgehead atoms. The Morgan fingerprint density at radius 2 is 1.45 bits per heavy atom. The summed E-state index contributed by atoms with van der Waals surface area (Å²) in [7, 11) is 0. The Morgan fingerprint density at radius 1 is 0.818 bits per heavy atom. The molecule has 1 aliphatic carbocycles. The van der Waals surface area contributed by atoms with Crippen LogP contribution in [0.3, 0.4) is 0 Å². The first-order valence-electron chi connectivity index (χ1n) is 10.7. The van der Waals surface area contributed by atoms with Crippen LogP contribution in [-0.2, 0) is 26.2 Å². The first-order valence-corrected chi connectivity index (χ1v) is 10.7. The van der Waals surface area contributed by atoms with E-state index in [0.29, 0.717) is 0 Å². The minimum atomic E-state index is -0.0219. The van der Waals surface area contributed by atoms with Crippen LogP contribution in [0, 0.1) is 34.5 Å². The normalized spacial score (nSPS) is 12.5. The quantitative estimate of drug-likeness (QED) is 0.320. The molecule has 3 aromatic rings. The van der Waals surface area contributed by atoms with Crippen LogP contribution in [0.15, 0.2) is 54.6 Å². The van der Waals surface area contributed by atoms with Gasteiger partial charge in [-0.05, 0) is 59.1 Å². The third-order valence-corrected chi connectivity index (χ3v) is 5.13. The molecule has 0 atom stereocenters. The zero-order valence-electron chi connectivity index (χ0n) is 20.2. The first-order chi connectivity index (χ1) is 14.1. The molecule has 0 saturated heterocycles. The zero-order valence-corrected chi connectivity index (χ0v) is 24.1. The van der Waals surface area contributed by atoms with Gasteiger partial charge in [0.25, 0.3) is 0 Å². The number of hydrogen-bond acceptors (Lipinski definition) is 0. The van der Waals surface area contributed by atoms with Crippen LogP contribution in [-0.4, -0.2) is 0 Å². The number of halogens is 2. The molecule has 0 aromatic heterocycles. The molecule has 0 unspecified atom stereocenters. The maximum atomic E-state index is 3.47. The molecule has 0 amide bonds. The van der Waals surface area contributed by atoms with Crippen molar-refractivity contribution in [1.82, 2.24) is 0 Å². The maximum Gasteiger partial charge on any atom is 3.00 e. The molecule has 0 saturated carbocycles. The second-order valence-electron chi connectivity index (χ2n) is 10.2. The Morgan fingerprint density at radius 3 is 2.06 bits per heavy atom. The molecular formula is C30H29Cl2Zr. The second-order valence-corrected chi connectivity index (χ2v) is 10.2. The molecule has 0 fully saturated rings. The predicted octanol–water partition coefficient (Wildman–Crippen LogP) is 1.86. The summed E-state index contributed by atoms with van der Waals surface area (Å²) in [4.78, 5) is 0. The van der Waals surface area contributed by atoms with Crippen molar-refractivity contribution >= 4 is 27.1 Å². The van der Waals surface area contributed by atoms with Crippen LogP contribution in [0.25, 0.3) is 27.1 Å². The molecule has 0 N–H and O–H groups in total. The fourth-order valence-corrected chi connectivity index (χ4v) is 3.76. The Kier molecular flexibility index (Phi) is 9.98. The first kappa shape index (κ1) is 29.4. The number of fused-ring (bicyclic) bond motifs is 3. The molecule has 167 valence electrons. The Hall–Kier alpha value is -1.63. The topological polar surface area (TPSA) is 0 Å². The minimum absolute atomic E-state index is 0. The predicted molar refractivity (Wildman–Crippen MR) is 131 cm³/mol. The van der Waals surface area contributed by atoms with E-state index in [1.165, 1.54) is 32.7 Å². The summed E-state index contributed by atoms with van der Waals surface area (Å²) in [6.45, 7) is 12.9. The third-order valence-electron chi connectivity index (χ3n) is 5.13. The van der Waals surface area contributed by atoms with Crippen LogP contribution < -0.4 is 24.8 Å². The van der Waals surface area contributed by atoms with Crippen molar-refractivity contribution in [3.05, 3.63) is 71.3 Å². The van der Waals surface area contributed by atoms with Crippen molar-refractivity contribution in [2.75, 3.05) is 0 Å². The van der Waals surface area contributed by atoms with Crippen LogP contribution >= 0.6 is 0 Å². The van der Waals surface area contributed by atoms with Gasteiger partial charge in [0.05, 0.1) is 0 Å². The van der Waals surface area contributed by atoms with E-state index in [4.69, 9.17) is 0 Å². The van der Waals surface area contributed by atoms with Crippen LogP contribution in [0.1, 0.15) is 64.7 Å². The van der Waals surface area contributed by atoms with Crippen molar-refractivity contribution in [2.24, 2.45) is 10.8 Å². The fourth-order valence-electron chi connectivity index (χ4n) is 3.76. The summed E-state index contributed by atoms with van der Waals surface area (Å²) in [6.07, 6.45) is 7.57. The summed E-state index contributed by atoms with van der Waals surface area (Å²) in [6, 6.07) is 13.3. The van der Waals surface area contributed by atoms with Gasteiger partial charge in [-0.1, -0.05) is 77.3 Å². The van der Waals surface area contributed by atoms with Gasteiger partial charge in [-0.2, -0.15) is 0 Å². The minimum Gasteiger partial charge on any atom is -1.00 e. The Bertz CT molecular complexity index is 1330. The van der Waals surface area contributed by atoms with Gasteiger partial charge in [0.15, 0.2) is 0 Å². The summed E-state index contributed by atoms with van der Waals surface area (Å²) in [5, 5.41) is 5.12. The van der Waals surface area contributed by atoms with Gasteiger partial charge in [0.2, 0.25) is 0 Å². The van der Waals surface area contributed by atoms with E-state index in [1.54, 1.807) is 0 Å². The molecule has 0 aliphatic heterocycles. The monoisotopic (exact) mass is 549 g/mol. The van der Waals surface area contributed by atoms with Crippen molar-refractivity contribution < 1.29 is 51.0 Å². The average molecular weight is 552 g/mol. The molecule has 33 heavy (non-hydrogen) atoms. The molecule has 4 rings (SSSR count). The molecule has 3 aromatic carbocycles. The largest absolute Gasteiger partial charge is 3.00 e. The average Bonchev–Trinajstić information content (AvgIpc) is 3.30. The smallest absolute Gasteiger partial charge is 1.00 e. The van der Waals surface area contributed by atoms with Crippen molar-refractivity contribution in [1.29, 1.82) is 0 Å². The molecule has 3 heteroatoms. The summed E-state index contributed by atoms with van der Waals surface area (Å²) in [5.74, 6) is 13.6. The van der Waals surface area contributed by atoms with Gasteiger partial charge in [-0.3, -0.25) is 0 Å². The maximum absolute atomic E-state index is 3.47. The number of benzene rings is 2. The van der Waals surface area contributed by atoms with Gasteiger partial charge >= 0.3 is 26.2 Å². The number of allylic oxidation sites excluding steroid dienone is 4. The molecule has 0 spiro atoms. The SMILES string of the molecule is CC(C)(C)C#Cc1ccc2c(c1)[cH-]c1c(C3=CC=CC3)c(C#CC(C)(C)C)ccc12.[Cl-].[Cl-].[Zr+3]. The molecule has 0 nitrogen and oxygen atoms in total. The van der Waals surface area contributed by atoms with Crippen LogP contribution in [0.4, 0.5) is 0 Å². The third kappa shape index (κ3) is 6.94. The molecule has 1 radical (unpaired) electrons. The van der Waals surface area contributed by atoms with E-state index < -0.39 is 0 Å². The van der Waals surface area contributed by atoms with E-state index in [1.807, 2.05) is 0 Å². The standard InChI is InChI=1S/C30H29.2ClH.Zr/c1-29(2,3)17-15-21-11-13-25-24(19-21)20-27-26(25)14-12-23(16-18-30(4,5)6)28(27)22-9-7-8-10-22;;;/h7-9,11-14,19-20H,10H2,1-6H3;2*1H;/q-1;;;+3/p-2. The van der Waals surface area contributed by atoms with Crippen molar-refractivity contribution in [3.8, 4) is 23.7 Å².